The van der Waals surface area contributed by atoms with Gasteiger partial charge in [-0.1, -0.05) is 60.7 Å². The van der Waals surface area contributed by atoms with Crippen LogP contribution >= 0.6 is 0 Å². The zero-order valence-corrected chi connectivity index (χ0v) is 17.8. The summed E-state index contributed by atoms with van der Waals surface area (Å²) in [5.74, 6) is 2.15. The first-order valence-corrected chi connectivity index (χ1v) is 10.5. The molecule has 33 heavy (non-hydrogen) atoms. The summed E-state index contributed by atoms with van der Waals surface area (Å²) in [7, 11) is 0. The zero-order chi connectivity index (χ0) is 22.3. The van der Waals surface area contributed by atoms with Crippen LogP contribution in [-0.4, -0.2) is 25.6 Å². The molecular weight excluding hydrogens is 414 g/mol. The zero-order valence-electron chi connectivity index (χ0n) is 17.8. The van der Waals surface area contributed by atoms with Crippen molar-refractivity contribution >= 4 is 23.1 Å². The smallest absolute Gasteiger partial charge is 0.186 e. The molecule has 0 amide bonds. The first-order valence-electron chi connectivity index (χ1n) is 10.5. The van der Waals surface area contributed by atoms with Crippen LogP contribution in [0.25, 0.3) is 23.1 Å². The van der Waals surface area contributed by atoms with Crippen molar-refractivity contribution in [1.82, 2.24) is 25.6 Å². The minimum Gasteiger partial charge on any atom is -0.487 e. The van der Waals surface area contributed by atoms with Gasteiger partial charge in [0.15, 0.2) is 5.82 Å². The predicted octanol–water partition coefficient (Wildman–Crippen LogP) is 5.08. The van der Waals surface area contributed by atoms with Crippen LogP contribution in [0.2, 0.25) is 0 Å². The van der Waals surface area contributed by atoms with Crippen molar-refractivity contribution in [2.75, 3.05) is 0 Å². The minimum absolute atomic E-state index is 0.299. The van der Waals surface area contributed by atoms with Gasteiger partial charge >= 0.3 is 0 Å². The molecule has 2 heterocycles. The van der Waals surface area contributed by atoms with Crippen LogP contribution in [-0.2, 0) is 13.2 Å². The van der Waals surface area contributed by atoms with E-state index < -0.39 is 0 Å². The van der Waals surface area contributed by atoms with Gasteiger partial charge in [-0.05, 0) is 58.0 Å². The van der Waals surface area contributed by atoms with E-state index in [1.807, 2.05) is 72.8 Å². The van der Waals surface area contributed by atoms with Crippen molar-refractivity contribution in [2.45, 2.75) is 13.2 Å². The lowest BCUT2D eigenvalue weighted by atomic mass is 10.1. The number of ether oxygens (including phenoxy) is 2. The Kier molecular flexibility index (Phi) is 6.02. The maximum absolute atomic E-state index is 5.91. The summed E-state index contributed by atoms with van der Waals surface area (Å²) in [5.41, 5.74) is 4.05. The second-order valence-electron chi connectivity index (χ2n) is 7.39. The van der Waals surface area contributed by atoms with Crippen molar-refractivity contribution in [3.8, 4) is 11.5 Å². The van der Waals surface area contributed by atoms with E-state index in [9.17, 15) is 0 Å². The molecule has 0 saturated heterocycles. The average molecular weight is 435 g/mol. The molecule has 5 aromatic rings. The minimum atomic E-state index is 0.299. The molecule has 2 aromatic heterocycles. The van der Waals surface area contributed by atoms with Crippen LogP contribution in [0.5, 0.6) is 11.5 Å². The van der Waals surface area contributed by atoms with Gasteiger partial charge in [-0.15, -0.1) is 5.10 Å². The number of hydrogen-bond donors (Lipinski definition) is 1. The summed E-state index contributed by atoms with van der Waals surface area (Å²) in [6.07, 6.45) is 4.11. The van der Waals surface area contributed by atoms with E-state index in [1.165, 1.54) is 0 Å². The summed E-state index contributed by atoms with van der Waals surface area (Å²) in [6.45, 7) is 0.731. The van der Waals surface area contributed by atoms with Gasteiger partial charge < -0.3 is 9.47 Å². The van der Waals surface area contributed by atoms with Crippen LogP contribution in [0.1, 0.15) is 22.6 Å². The van der Waals surface area contributed by atoms with Crippen LogP contribution in [0, 0.1) is 0 Å². The number of rotatable bonds is 8. The first kappa shape index (κ1) is 20.4. The molecule has 0 fully saturated rings. The number of fused-ring (bicyclic) bond motifs is 1. The fourth-order valence-corrected chi connectivity index (χ4v) is 3.28. The normalized spacial score (nSPS) is 11.2. The van der Waals surface area contributed by atoms with Gasteiger partial charge in [0.2, 0.25) is 0 Å². The van der Waals surface area contributed by atoms with E-state index in [4.69, 9.17) is 9.47 Å². The fraction of sp³-hybridized carbons (Fsp3) is 0.0769. The van der Waals surface area contributed by atoms with E-state index in [0.717, 1.165) is 39.2 Å². The maximum Gasteiger partial charge on any atom is 0.186 e. The molecule has 7 heteroatoms. The van der Waals surface area contributed by atoms with Crippen molar-refractivity contribution in [3.05, 3.63) is 108 Å². The number of aromatic nitrogens is 5. The van der Waals surface area contributed by atoms with Gasteiger partial charge in [-0.25, -0.2) is 10.1 Å². The van der Waals surface area contributed by atoms with Gasteiger partial charge in [0.25, 0.3) is 0 Å². The average Bonchev–Trinajstić information content (AvgIpc) is 3.40. The number of hydrogen-bond acceptors (Lipinski definition) is 6. The lowest BCUT2D eigenvalue weighted by Crippen LogP contribution is -1.98. The summed E-state index contributed by atoms with van der Waals surface area (Å²) in [4.78, 5) is 4.65. The van der Waals surface area contributed by atoms with E-state index in [1.54, 1.807) is 0 Å². The summed E-state index contributed by atoms with van der Waals surface area (Å²) in [6, 6.07) is 28.0. The quantitative estimate of drug-likeness (QED) is 0.342. The lowest BCUT2D eigenvalue weighted by Gasteiger charge is -2.07. The molecule has 0 saturated carbocycles. The molecule has 0 spiro atoms. The SMILES string of the molecule is C(=Cc1ccc(OCc2nnn[nH]2)cc1)c1ccc(OCc2ccc3ccccc3n2)cc1. The van der Waals surface area contributed by atoms with Gasteiger partial charge in [-0.2, -0.15) is 0 Å². The van der Waals surface area contributed by atoms with Crippen molar-refractivity contribution in [2.24, 2.45) is 0 Å². The number of aromatic amines is 1. The fourth-order valence-electron chi connectivity index (χ4n) is 3.28. The Morgan fingerprint density at radius 2 is 1.36 bits per heavy atom. The van der Waals surface area contributed by atoms with E-state index in [-0.39, 0.29) is 0 Å². The Morgan fingerprint density at radius 3 is 2.03 bits per heavy atom. The molecule has 0 radical (unpaired) electrons. The molecule has 0 atom stereocenters. The molecule has 0 bridgehead atoms. The topological polar surface area (TPSA) is 85.8 Å². The second-order valence-corrected chi connectivity index (χ2v) is 7.39. The first-order chi connectivity index (χ1) is 16.3. The molecule has 3 aromatic carbocycles. The third kappa shape index (κ3) is 5.40. The summed E-state index contributed by atoms with van der Waals surface area (Å²) < 4.78 is 11.5. The van der Waals surface area contributed by atoms with E-state index in [2.05, 4.69) is 49.9 Å². The predicted molar refractivity (Wildman–Crippen MR) is 126 cm³/mol. The number of nitrogens with zero attached hydrogens (tertiary/aromatic N) is 4. The third-order valence-electron chi connectivity index (χ3n) is 5.04. The van der Waals surface area contributed by atoms with E-state index >= 15 is 0 Å². The molecule has 162 valence electrons. The summed E-state index contributed by atoms with van der Waals surface area (Å²) >= 11 is 0. The molecule has 0 unspecified atom stereocenters. The standard InChI is InChI=1S/C26H21N5O2/c1-2-4-25-21(3-1)11-12-22(27-25)17-32-23-13-7-19(8-14-23)5-6-20-9-15-24(16-10-20)33-18-26-28-30-31-29-26/h1-16H,17-18H2,(H,28,29,30,31). The molecule has 1 N–H and O–H groups in total. The Balaban J connectivity index is 1.14. The maximum atomic E-state index is 5.91. The van der Waals surface area contributed by atoms with Crippen molar-refractivity contribution in [3.63, 3.8) is 0 Å². The van der Waals surface area contributed by atoms with Crippen molar-refractivity contribution in [1.29, 1.82) is 0 Å². The van der Waals surface area contributed by atoms with Gasteiger partial charge in [0, 0.05) is 5.39 Å². The van der Waals surface area contributed by atoms with Gasteiger partial charge in [-0.3, -0.25) is 0 Å². The van der Waals surface area contributed by atoms with Crippen molar-refractivity contribution < 1.29 is 9.47 Å². The number of nitrogens with one attached hydrogen (secondary N) is 1. The van der Waals surface area contributed by atoms with Crippen LogP contribution in [0.4, 0.5) is 0 Å². The van der Waals surface area contributed by atoms with E-state index in [0.29, 0.717) is 19.0 Å². The molecule has 0 aliphatic carbocycles. The number of H-pyrrole nitrogens is 1. The Bertz CT molecular complexity index is 1350. The third-order valence-corrected chi connectivity index (χ3v) is 5.04. The number of para-hydroxylation sites is 1. The highest BCUT2D eigenvalue weighted by molar-refractivity contribution is 5.78. The highest BCUT2D eigenvalue weighted by Gasteiger charge is 2.01. The Morgan fingerprint density at radius 1 is 0.697 bits per heavy atom. The summed E-state index contributed by atoms with van der Waals surface area (Å²) in [5, 5.41) is 14.6. The molecule has 7 nitrogen and oxygen atoms in total. The Labute approximate surface area is 190 Å². The largest absolute Gasteiger partial charge is 0.487 e. The van der Waals surface area contributed by atoms with Crippen LogP contribution in [0.3, 0.4) is 0 Å². The number of pyridine rings is 1. The molecular formula is C26H21N5O2. The lowest BCUT2D eigenvalue weighted by molar-refractivity contribution is 0.296. The van der Waals surface area contributed by atoms with Crippen LogP contribution in [0.15, 0.2) is 84.9 Å². The second kappa shape index (κ2) is 9.74. The number of tetrazole rings is 1. The highest BCUT2D eigenvalue weighted by Crippen LogP contribution is 2.19. The van der Waals surface area contributed by atoms with Crippen LogP contribution < -0.4 is 9.47 Å². The molecule has 5 rings (SSSR count). The molecule has 0 aliphatic heterocycles. The monoisotopic (exact) mass is 435 g/mol. The van der Waals surface area contributed by atoms with Gasteiger partial charge in [0.05, 0.1) is 11.2 Å². The Hall–Kier alpha value is -4.52. The number of benzene rings is 3. The highest BCUT2D eigenvalue weighted by atomic mass is 16.5. The van der Waals surface area contributed by atoms with Gasteiger partial charge in [0.1, 0.15) is 24.7 Å². The molecule has 0 aliphatic rings.